The van der Waals surface area contributed by atoms with Crippen molar-refractivity contribution in [3.05, 3.63) is 59.1 Å². The maximum atomic E-state index is 12.5. The number of H-pyrrole nitrogens is 2. The van der Waals surface area contributed by atoms with Gasteiger partial charge in [-0.1, -0.05) is 30.3 Å². The molecule has 7 nitrogen and oxygen atoms in total. The van der Waals surface area contributed by atoms with E-state index >= 15 is 0 Å². The highest BCUT2D eigenvalue weighted by Gasteiger charge is 2.14. The van der Waals surface area contributed by atoms with E-state index in [0.717, 1.165) is 11.1 Å². The van der Waals surface area contributed by atoms with E-state index < -0.39 is 0 Å². The van der Waals surface area contributed by atoms with Gasteiger partial charge in [0.1, 0.15) is 0 Å². The van der Waals surface area contributed by atoms with Gasteiger partial charge in [-0.25, -0.2) is 0 Å². The Morgan fingerprint density at radius 2 is 1.90 bits per heavy atom. The maximum Gasteiger partial charge on any atom is 0.301 e. The van der Waals surface area contributed by atoms with E-state index in [-0.39, 0.29) is 11.3 Å². The third kappa shape index (κ3) is 1.75. The number of aromatic nitrogens is 6. The van der Waals surface area contributed by atoms with Gasteiger partial charge < -0.3 is 0 Å². The molecule has 0 saturated carbocycles. The van der Waals surface area contributed by atoms with Crippen molar-refractivity contribution in [1.29, 1.82) is 0 Å². The Bertz CT molecular complexity index is 952. The summed E-state index contributed by atoms with van der Waals surface area (Å²) in [5, 5.41) is 17.7. The molecule has 0 aliphatic heterocycles. The number of nitrogens with zero attached hydrogens (tertiary/aromatic N) is 4. The number of aromatic amines is 2. The van der Waals surface area contributed by atoms with Gasteiger partial charge in [0.2, 0.25) is 0 Å². The average Bonchev–Trinajstić information content (AvgIpc) is 3.18. The number of rotatable bonds is 2. The Kier molecular flexibility index (Phi) is 2.43. The Labute approximate surface area is 118 Å². The van der Waals surface area contributed by atoms with Gasteiger partial charge >= 0.3 is 5.56 Å². The fraction of sp³-hybridized carbons (Fsp3) is 0. The van der Waals surface area contributed by atoms with Crippen LogP contribution in [-0.2, 0) is 0 Å². The minimum atomic E-state index is -0.272. The standard InChI is InChI=1S/C14H10N6O/c21-14-12(11-6-7-15-17-11)18-19-13-10(8-16-20(13)14)9-4-2-1-3-5-9/h1-8,16H,(H,15,17). The quantitative estimate of drug-likeness (QED) is 0.581. The predicted octanol–water partition coefficient (Wildman–Crippen LogP) is 1.47. The van der Waals surface area contributed by atoms with Crippen molar-refractivity contribution in [3.8, 4) is 22.5 Å². The molecule has 0 atom stereocenters. The highest BCUT2D eigenvalue weighted by Crippen LogP contribution is 2.22. The van der Waals surface area contributed by atoms with Crippen LogP contribution in [0.25, 0.3) is 28.2 Å². The van der Waals surface area contributed by atoms with Crippen LogP contribution < -0.4 is 5.56 Å². The molecule has 7 heteroatoms. The molecule has 3 aromatic heterocycles. The summed E-state index contributed by atoms with van der Waals surface area (Å²) in [4.78, 5) is 12.5. The van der Waals surface area contributed by atoms with Crippen molar-refractivity contribution in [2.75, 3.05) is 0 Å². The molecule has 0 fully saturated rings. The van der Waals surface area contributed by atoms with Crippen LogP contribution >= 0.6 is 0 Å². The van der Waals surface area contributed by atoms with E-state index in [1.807, 2.05) is 30.3 Å². The number of hydrogen-bond acceptors (Lipinski definition) is 4. The summed E-state index contributed by atoms with van der Waals surface area (Å²) in [6, 6.07) is 11.4. The van der Waals surface area contributed by atoms with Gasteiger partial charge in [0, 0.05) is 18.0 Å². The molecule has 0 bridgehead atoms. The van der Waals surface area contributed by atoms with Gasteiger partial charge in [-0.2, -0.15) is 9.61 Å². The van der Waals surface area contributed by atoms with Crippen LogP contribution in [-0.4, -0.2) is 30.0 Å². The Morgan fingerprint density at radius 1 is 1.05 bits per heavy atom. The Balaban J connectivity index is 1.96. The lowest BCUT2D eigenvalue weighted by Gasteiger charge is -1.99. The first-order valence-corrected chi connectivity index (χ1v) is 6.36. The van der Waals surface area contributed by atoms with Crippen LogP contribution in [0.4, 0.5) is 0 Å². The molecule has 1 aromatic carbocycles. The minimum Gasteiger partial charge on any atom is -0.296 e. The largest absolute Gasteiger partial charge is 0.301 e. The number of fused-ring (bicyclic) bond motifs is 1. The summed E-state index contributed by atoms with van der Waals surface area (Å²) >= 11 is 0. The first kappa shape index (κ1) is 11.6. The smallest absolute Gasteiger partial charge is 0.296 e. The Hall–Kier alpha value is -3.22. The monoisotopic (exact) mass is 278 g/mol. The van der Waals surface area contributed by atoms with Gasteiger partial charge in [0.15, 0.2) is 11.3 Å². The van der Waals surface area contributed by atoms with Crippen LogP contribution in [0.3, 0.4) is 0 Å². The van der Waals surface area contributed by atoms with Crippen LogP contribution in [0.1, 0.15) is 0 Å². The fourth-order valence-electron chi connectivity index (χ4n) is 2.26. The lowest BCUT2D eigenvalue weighted by molar-refractivity contribution is 0.854. The maximum absolute atomic E-state index is 12.5. The topological polar surface area (TPSA) is 91.7 Å². The average molecular weight is 278 g/mol. The number of hydrogen-bond donors (Lipinski definition) is 2. The molecule has 4 aromatic rings. The molecule has 2 N–H and O–H groups in total. The third-order valence-corrected chi connectivity index (χ3v) is 3.28. The molecule has 0 amide bonds. The number of benzene rings is 1. The highest BCUT2D eigenvalue weighted by atomic mass is 16.1. The first-order valence-electron chi connectivity index (χ1n) is 6.36. The van der Waals surface area contributed by atoms with Crippen LogP contribution in [0, 0.1) is 0 Å². The normalized spacial score (nSPS) is 11.0. The molecule has 0 saturated heterocycles. The summed E-state index contributed by atoms with van der Waals surface area (Å²) in [6.07, 6.45) is 3.31. The fourth-order valence-corrected chi connectivity index (χ4v) is 2.26. The second kappa shape index (κ2) is 4.41. The molecule has 4 rings (SSSR count). The van der Waals surface area contributed by atoms with E-state index in [9.17, 15) is 4.79 Å². The molecular weight excluding hydrogens is 268 g/mol. The third-order valence-electron chi connectivity index (χ3n) is 3.28. The molecule has 102 valence electrons. The van der Waals surface area contributed by atoms with Gasteiger partial charge in [-0.3, -0.25) is 15.0 Å². The minimum absolute atomic E-state index is 0.228. The molecular formula is C14H10N6O. The zero-order valence-electron chi connectivity index (χ0n) is 10.8. The summed E-state index contributed by atoms with van der Waals surface area (Å²) in [7, 11) is 0. The van der Waals surface area contributed by atoms with Crippen molar-refractivity contribution in [3.63, 3.8) is 0 Å². The summed E-state index contributed by atoms with van der Waals surface area (Å²) in [5.74, 6) is 0. The van der Waals surface area contributed by atoms with Crippen molar-refractivity contribution < 1.29 is 0 Å². The van der Waals surface area contributed by atoms with Crippen molar-refractivity contribution in [1.82, 2.24) is 30.0 Å². The van der Waals surface area contributed by atoms with E-state index in [4.69, 9.17) is 0 Å². The van der Waals surface area contributed by atoms with E-state index in [0.29, 0.717) is 11.3 Å². The molecule has 0 radical (unpaired) electrons. The molecule has 3 heterocycles. The van der Waals surface area contributed by atoms with Crippen molar-refractivity contribution >= 4 is 5.65 Å². The van der Waals surface area contributed by atoms with Crippen molar-refractivity contribution in [2.45, 2.75) is 0 Å². The highest BCUT2D eigenvalue weighted by molar-refractivity contribution is 5.76. The summed E-state index contributed by atoms with van der Waals surface area (Å²) in [5.41, 5.74) is 2.79. The van der Waals surface area contributed by atoms with Crippen LogP contribution in [0.5, 0.6) is 0 Å². The van der Waals surface area contributed by atoms with Gasteiger partial charge in [-0.15, -0.1) is 10.2 Å². The van der Waals surface area contributed by atoms with Gasteiger partial charge in [-0.05, 0) is 11.6 Å². The lowest BCUT2D eigenvalue weighted by Crippen LogP contribution is -2.19. The predicted molar refractivity (Wildman–Crippen MR) is 76.6 cm³/mol. The van der Waals surface area contributed by atoms with E-state index in [2.05, 4.69) is 25.5 Å². The molecule has 0 spiro atoms. The van der Waals surface area contributed by atoms with Gasteiger partial charge in [0.25, 0.3) is 0 Å². The van der Waals surface area contributed by atoms with E-state index in [1.165, 1.54) is 4.52 Å². The summed E-state index contributed by atoms with van der Waals surface area (Å²) < 4.78 is 1.38. The van der Waals surface area contributed by atoms with Crippen molar-refractivity contribution in [2.24, 2.45) is 0 Å². The number of nitrogens with one attached hydrogen (secondary N) is 2. The molecule has 0 unspecified atom stereocenters. The van der Waals surface area contributed by atoms with Crippen LogP contribution in [0.15, 0.2) is 53.6 Å². The lowest BCUT2D eigenvalue weighted by atomic mass is 10.1. The van der Waals surface area contributed by atoms with E-state index in [1.54, 1.807) is 18.5 Å². The zero-order valence-corrected chi connectivity index (χ0v) is 10.8. The zero-order chi connectivity index (χ0) is 14.2. The molecule has 0 aliphatic rings. The summed E-state index contributed by atoms with van der Waals surface area (Å²) in [6.45, 7) is 0. The molecule has 0 aliphatic carbocycles. The Morgan fingerprint density at radius 3 is 2.67 bits per heavy atom. The van der Waals surface area contributed by atoms with Gasteiger partial charge in [0.05, 0.1) is 5.69 Å². The SMILES string of the molecule is O=c1c(-c2ccn[nH]2)nnc2c(-c3ccccc3)c[nH]n12. The second-order valence-electron chi connectivity index (χ2n) is 4.54. The van der Waals surface area contributed by atoms with Crippen LogP contribution in [0.2, 0.25) is 0 Å². The first-order chi connectivity index (χ1) is 10.3. The molecule has 21 heavy (non-hydrogen) atoms. The second-order valence-corrected chi connectivity index (χ2v) is 4.54.